The predicted molar refractivity (Wildman–Crippen MR) is 96.1 cm³/mol. The van der Waals surface area contributed by atoms with Crippen molar-refractivity contribution in [3.8, 4) is 11.1 Å². The molecule has 1 amide bonds. The molecule has 0 saturated carbocycles. The fourth-order valence-corrected chi connectivity index (χ4v) is 3.28. The zero-order chi connectivity index (χ0) is 18.7. The molecule has 0 fully saturated rings. The van der Waals surface area contributed by atoms with Crippen LogP contribution < -0.4 is 5.32 Å². The van der Waals surface area contributed by atoms with Crippen molar-refractivity contribution in [1.29, 1.82) is 0 Å². The Morgan fingerprint density at radius 3 is 2.12 bits per heavy atom. The van der Waals surface area contributed by atoms with E-state index in [0.29, 0.717) is 0 Å². The van der Waals surface area contributed by atoms with E-state index >= 15 is 0 Å². The first-order valence-corrected chi connectivity index (χ1v) is 8.40. The molecular weight excluding hydrogens is 334 g/mol. The van der Waals surface area contributed by atoms with Gasteiger partial charge in [-0.25, -0.2) is 9.59 Å². The molecule has 6 nitrogen and oxygen atoms in total. The molecule has 0 bridgehead atoms. The van der Waals surface area contributed by atoms with Gasteiger partial charge in [0.25, 0.3) is 0 Å². The summed E-state index contributed by atoms with van der Waals surface area (Å²) in [6.45, 7) is 1.70. The number of hydrogen-bond acceptors (Lipinski definition) is 4. The number of carboxylic acids is 1. The van der Waals surface area contributed by atoms with E-state index < -0.39 is 24.2 Å². The Balaban J connectivity index is 1.72. The summed E-state index contributed by atoms with van der Waals surface area (Å²) in [7, 11) is 1.39. The average molecular weight is 355 g/mol. The van der Waals surface area contributed by atoms with Crippen molar-refractivity contribution >= 4 is 12.1 Å². The largest absolute Gasteiger partial charge is 0.480 e. The van der Waals surface area contributed by atoms with Crippen molar-refractivity contribution in [2.75, 3.05) is 13.7 Å². The van der Waals surface area contributed by atoms with Crippen molar-refractivity contribution in [1.82, 2.24) is 5.32 Å². The van der Waals surface area contributed by atoms with Gasteiger partial charge in [-0.15, -0.1) is 0 Å². The summed E-state index contributed by atoms with van der Waals surface area (Å²) in [6, 6.07) is 14.9. The van der Waals surface area contributed by atoms with Crippen LogP contribution in [-0.2, 0) is 14.3 Å². The molecule has 0 aliphatic heterocycles. The number of fused-ring (bicyclic) bond motifs is 3. The highest BCUT2D eigenvalue weighted by Crippen LogP contribution is 2.44. The molecule has 6 heteroatoms. The number of rotatable bonds is 6. The number of aliphatic carboxylic acids is 1. The predicted octanol–water partition coefficient (Wildman–Crippen LogP) is 3.01. The van der Waals surface area contributed by atoms with E-state index in [2.05, 4.69) is 17.4 Å². The Labute approximate surface area is 151 Å². The maximum Gasteiger partial charge on any atom is 0.407 e. The molecule has 1 aliphatic rings. The number of nitrogens with one attached hydrogen (secondary N) is 1. The zero-order valence-corrected chi connectivity index (χ0v) is 14.6. The van der Waals surface area contributed by atoms with Crippen LogP contribution in [0.3, 0.4) is 0 Å². The average Bonchev–Trinajstić information content (AvgIpc) is 2.97. The van der Waals surface area contributed by atoms with Crippen molar-refractivity contribution in [3.05, 3.63) is 59.7 Å². The SMILES string of the molecule is CO[C@H](C)[C@@H](NC(=O)OCC1c2ccccc2-c2ccccc21)C(=O)O. The van der Waals surface area contributed by atoms with Crippen molar-refractivity contribution in [2.24, 2.45) is 0 Å². The lowest BCUT2D eigenvalue weighted by atomic mass is 9.98. The van der Waals surface area contributed by atoms with Gasteiger partial charge in [-0.2, -0.15) is 0 Å². The second-order valence-corrected chi connectivity index (χ2v) is 6.23. The van der Waals surface area contributed by atoms with E-state index in [1.54, 1.807) is 6.92 Å². The van der Waals surface area contributed by atoms with Gasteiger partial charge in [0.2, 0.25) is 0 Å². The number of carboxylic acid groups (broad SMARTS) is 1. The van der Waals surface area contributed by atoms with Gasteiger partial charge in [-0.05, 0) is 29.2 Å². The van der Waals surface area contributed by atoms with Gasteiger partial charge in [0.15, 0.2) is 6.04 Å². The van der Waals surface area contributed by atoms with Crippen LogP contribution in [0.25, 0.3) is 11.1 Å². The van der Waals surface area contributed by atoms with Crippen LogP contribution in [0.1, 0.15) is 24.0 Å². The van der Waals surface area contributed by atoms with Crippen molar-refractivity contribution in [2.45, 2.75) is 25.0 Å². The molecule has 0 spiro atoms. The first kappa shape index (κ1) is 17.9. The summed E-state index contributed by atoms with van der Waals surface area (Å²) in [5.74, 6) is -1.25. The Morgan fingerprint density at radius 2 is 1.62 bits per heavy atom. The lowest BCUT2D eigenvalue weighted by Gasteiger charge is -2.21. The number of amides is 1. The quantitative estimate of drug-likeness (QED) is 0.832. The Hall–Kier alpha value is -2.86. The van der Waals surface area contributed by atoms with Crippen LogP contribution in [0.5, 0.6) is 0 Å². The third-order valence-electron chi connectivity index (χ3n) is 4.72. The van der Waals surface area contributed by atoms with Crippen molar-refractivity contribution in [3.63, 3.8) is 0 Å². The number of hydrogen-bond donors (Lipinski definition) is 2. The summed E-state index contributed by atoms with van der Waals surface area (Å²) in [5, 5.41) is 11.6. The second-order valence-electron chi connectivity index (χ2n) is 6.23. The molecule has 0 radical (unpaired) electrons. The molecule has 2 N–H and O–H groups in total. The number of benzene rings is 2. The van der Waals surface area contributed by atoms with Gasteiger partial charge in [-0.3, -0.25) is 0 Å². The summed E-state index contributed by atoms with van der Waals surface area (Å²) in [4.78, 5) is 23.4. The summed E-state index contributed by atoms with van der Waals surface area (Å²) in [6.07, 6.45) is -1.45. The van der Waals surface area contributed by atoms with Gasteiger partial charge in [0, 0.05) is 13.0 Å². The summed E-state index contributed by atoms with van der Waals surface area (Å²) < 4.78 is 10.3. The highest BCUT2D eigenvalue weighted by molar-refractivity contribution is 5.81. The maximum atomic E-state index is 12.1. The lowest BCUT2D eigenvalue weighted by molar-refractivity contribution is -0.142. The second kappa shape index (κ2) is 7.58. The number of carbonyl (C=O) groups excluding carboxylic acids is 1. The number of alkyl carbamates (subject to hydrolysis) is 1. The maximum absolute atomic E-state index is 12.1. The Bertz CT molecular complexity index is 774. The first-order chi connectivity index (χ1) is 12.5. The van der Waals surface area contributed by atoms with E-state index in [0.717, 1.165) is 22.3 Å². The molecular formula is C20H21NO5. The molecule has 2 atom stereocenters. The molecule has 0 unspecified atom stereocenters. The number of methoxy groups -OCH3 is 1. The minimum absolute atomic E-state index is 0.0729. The molecule has 2 aromatic rings. The van der Waals surface area contributed by atoms with Crippen LogP contribution in [-0.4, -0.2) is 43.0 Å². The van der Waals surface area contributed by atoms with Crippen LogP contribution in [0.2, 0.25) is 0 Å². The molecule has 0 saturated heterocycles. The molecule has 2 aromatic carbocycles. The monoisotopic (exact) mass is 355 g/mol. The molecule has 0 heterocycles. The minimum atomic E-state index is -1.17. The van der Waals surface area contributed by atoms with Crippen LogP contribution in [0.4, 0.5) is 4.79 Å². The smallest absolute Gasteiger partial charge is 0.407 e. The van der Waals surface area contributed by atoms with Gasteiger partial charge < -0.3 is 19.9 Å². The lowest BCUT2D eigenvalue weighted by Crippen LogP contribution is -2.48. The highest BCUT2D eigenvalue weighted by atomic mass is 16.5. The normalized spacial score (nSPS) is 14.8. The van der Waals surface area contributed by atoms with Crippen LogP contribution in [0, 0.1) is 0 Å². The van der Waals surface area contributed by atoms with Gasteiger partial charge in [0.05, 0.1) is 6.10 Å². The van der Waals surface area contributed by atoms with Gasteiger partial charge in [-0.1, -0.05) is 48.5 Å². The van der Waals surface area contributed by atoms with E-state index in [-0.39, 0.29) is 12.5 Å². The topological polar surface area (TPSA) is 84.9 Å². The third-order valence-corrected chi connectivity index (χ3v) is 4.72. The fourth-order valence-electron chi connectivity index (χ4n) is 3.28. The fraction of sp³-hybridized carbons (Fsp3) is 0.300. The number of carbonyl (C=O) groups is 2. The van der Waals surface area contributed by atoms with Gasteiger partial charge in [0.1, 0.15) is 6.61 Å². The standard InChI is InChI=1S/C20H21NO5/c1-12(25-2)18(19(22)23)21-20(24)26-11-17-15-9-5-3-7-13(15)14-8-4-6-10-16(14)17/h3-10,12,17-18H,11H2,1-2H3,(H,21,24)(H,22,23)/t12-,18-/m1/s1. The summed E-state index contributed by atoms with van der Waals surface area (Å²) >= 11 is 0. The molecule has 1 aliphatic carbocycles. The highest BCUT2D eigenvalue weighted by Gasteiger charge is 2.31. The van der Waals surface area contributed by atoms with Crippen molar-refractivity contribution < 1.29 is 24.2 Å². The summed E-state index contributed by atoms with van der Waals surface area (Å²) in [5.41, 5.74) is 4.46. The third kappa shape index (κ3) is 3.41. The van der Waals surface area contributed by atoms with Gasteiger partial charge >= 0.3 is 12.1 Å². The Kier molecular flexibility index (Phi) is 5.23. The molecule has 0 aromatic heterocycles. The number of ether oxygens (including phenoxy) is 2. The first-order valence-electron chi connectivity index (χ1n) is 8.40. The zero-order valence-electron chi connectivity index (χ0n) is 14.6. The molecule has 26 heavy (non-hydrogen) atoms. The molecule has 136 valence electrons. The van der Waals surface area contributed by atoms with E-state index in [4.69, 9.17) is 9.47 Å². The van der Waals surface area contributed by atoms with Crippen LogP contribution in [0.15, 0.2) is 48.5 Å². The van der Waals surface area contributed by atoms with E-state index in [1.807, 2.05) is 36.4 Å². The van der Waals surface area contributed by atoms with E-state index in [1.165, 1.54) is 7.11 Å². The van der Waals surface area contributed by atoms with Crippen LogP contribution >= 0.6 is 0 Å². The Morgan fingerprint density at radius 1 is 1.08 bits per heavy atom. The molecule has 3 rings (SSSR count). The van der Waals surface area contributed by atoms with E-state index in [9.17, 15) is 14.7 Å². The minimum Gasteiger partial charge on any atom is -0.480 e.